The molecule has 2 heterocycles. The normalized spacial score (nSPS) is 38.8. The van der Waals surface area contributed by atoms with Crippen molar-refractivity contribution in [2.45, 2.75) is 96.0 Å². The van der Waals surface area contributed by atoms with Gasteiger partial charge in [-0.2, -0.15) is 0 Å². The van der Waals surface area contributed by atoms with E-state index in [9.17, 15) is 24.6 Å². The van der Waals surface area contributed by atoms with Crippen molar-refractivity contribution in [2.75, 3.05) is 13.7 Å². The number of hydrogen-bond donors (Lipinski definition) is 2. The number of aliphatic hydroxyl groups excluding tert-OH is 1. The second-order valence-electron chi connectivity index (χ2n) is 15.7. The number of ketones is 1. The van der Waals surface area contributed by atoms with Gasteiger partial charge in [0.2, 0.25) is 12.0 Å². The number of Topliss-reactive ketones (excluding diaryl/α,β-unsaturated/α-hetero) is 1. The van der Waals surface area contributed by atoms with Crippen LogP contribution in [0.5, 0.6) is 0 Å². The molecule has 0 aromatic heterocycles. The third kappa shape index (κ3) is 5.64. The minimum Gasteiger partial charge on any atom is -0.459 e. The second kappa shape index (κ2) is 13.9. The Morgan fingerprint density at radius 3 is 2.23 bits per heavy atom. The molecule has 0 amide bonds. The average molecular weight is 929 g/mol. The van der Waals surface area contributed by atoms with Crippen molar-refractivity contribution in [2.24, 2.45) is 33.6 Å². The summed E-state index contributed by atoms with van der Waals surface area (Å²) in [6.07, 6.45) is -4.87. The van der Waals surface area contributed by atoms with Crippen molar-refractivity contribution in [3.63, 3.8) is 0 Å². The third-order valence-electron chi connectivity index (χ3n) is 13.2. The van der Waals surface area contributed by atoms with E-state index in [1.807, 2.05) is 74.5 Å². The minimum atomic E-state index is -1.66. The molecule has 2 N–H and O–H groups in total. The standard InChI is InChI=1S/C40H47NO10.Ac/c1-21-18-27-39(20-48-27,51-36(45)47-7)32-23(3)40(46)19-26(22(2)28(37(40,4)5)30(42)33(43)38(21,32)6)49-35(44)31-29(24-14-10-8-11-15-24)41-34(50-31)25-16-12-9-13-17-25;/h8-17,21,23,26-27,29-32,42,46H,18-20H2,1-7H3;. The number of aliphatic imine (C=N–C) groups is 1. The summed E-state index contributed by atoms with van der Waals surface area (Å²) in [6, 6.07) is 18.0. The zero-order valence-electron chi connectivity index (χ0n) is 30.7. The van der Waals surface area contributed by atoms with Gasteiger partial charge in [-0.1, -0.05) is 83.1 Å². The molecule has 11 atom stereocenters. The van der Waals surface area contributed by atoms with Crippen molar-refractivity contribution >= 4 is 23.8 Å². The number of aliphatic hydroxyl groups is 2. The predicted octanol–water partition coefficient (Wildman–Crippen LogP) is 5.13. The van der Waals surface area contributed by atoms with E-state index < -0.39 is 82.2 Å². The predicted molar refractivity (Wildman–Crippen MR) is 184 cm³/mol. The molecule has 1 radical (unpaired) electrons. The second-order valence-corrected chi connectivity index (χ2v) is 15.7. The van der Waals surface area contributed by atoms with Crippen LogP contribution in [0.1, 0.15) is 71.6 Å². The molecule has 52 heavy (non-hydrogen) atoms. The molecule has 12 heteroatoms. The maximum absolute atomic E-state index is 14.8. The van der Waals surface area contributed by atoms with Gasteiger partial charge in [-0.05, 0) is 54.0 Å². The topological polar surface area (TPSA) is 150 Å². The maximum Gasteiger partial charge on any atom is 0.508 e. The number of nitrogens with zero attached hydrogens (tertiary/aromatic N) is 1. The summed E-state index contributed by atoms with van der Waals surface area (Å²) in [5.74, 6) is -2.61. The Kier molecular flexibility index (Phi) is 10.5. The van der Waals surface area contributed by atoms with Crippen LogP contribution >= 0.6 is 0 Å². The van der Waals surface area contributed by atoms with Gasteiger partial charge < -0.3 is 33.9 Å². The fraction of sp³-hybridized carbons (Fsp3) is 0.550. The molecule has 7 rings (SSSR count). The number of esters is 1. The van der Waals surface area contributed by atoms with Crippen LogP contribution in [0.3, 0.4) is 0 Å². The molecule has 275 valence electrons. The van der Waals surface area contributed by atoms with Crippen LogP contribution in [0.4, 0.5) is 4.79 Å². The Morgan fingerprint density at radius 2 is 1.63 bits per heavy atom. The van der Waals surface area contributed by atoms with Gasteiger partial charge in [0, 0.05) is 72.8 Å². The van der Waals surface area contributed by atoms with Crippen molar-refractivity contribution in [1.29, 1.82) is 0 Å². The van der Waals surface area contributed by atoms with Crippen LogP contribution in [0.2, 0.25) is 0 Å². The maximum atomic E-state index is 14.8. The molecule has 2 aliphatic heterocycles. The van der Waals surface area contributed by atoms with Crippen LogP contribution in [-0.4, -0.2) is 83.4 Å². The quantitative estimate of drug-likeness (QED) is 0.306. The van der Waals surface area contributed by atoms with E-state index >= 15 is 0 Å². The van der Waals surface area contributed by atoms with E-state index in [2.05, 4.69) is 0 Å². The molecule has 1 saturated heterocycles. The Hall–Kier alpha value is -2.62. The van der Waals surface area contributed by atoms with E-state index in [0.29, 0.717) is 29.0 Å². The molecule has 11 nitrogen and oxygen atoms in total. The van der Waals surface area contributed by atoms with Crippen LogP contribution in [0.15, 0.2) is 76.8 Å². The minimum absolute atomic E-state index is 0. The first-order chi connectivity index (χ1) is 24.1. The number of carbonyl (C=O) groups is 3. The van der Waals surface area contributed by atoms with Crippen molar-refractivity contribution < 1.29 is 92.3 Å². The van der Waals surface area contributed by atoms with Gasteiger partial charge in [-0.3, -0.25) is 4.79 Å². The van der Waals surface area contributed by atoms with E-state index in [0.717, 1.165) is 5.56 Å². The molecule has 3 aliphatic carbocycles. The zero-order chi connectivity index (χ0) is 36.7. The fourth-order valence-electron chi connectivity index (χ4n) is 10.1. The summed E-state index contributed by atoms with van der Waals surface area (Å²) in [4.78, 5) is 46.6. The van der Waals surface area contributed by atoms with Crippen LogP contribution in [0, 0.1) is 72.6 Å². The van der Waals surface area contributed by atoms with Gasteiger partial charge in [-0.15, -0.1) is 0 Å². The molecular weight excluding hydrogens is 881 g/mol. The number of carbonyl (C=O) groups excluding carboxylic acids is 3. The fourth-order valence-corrected chi connectivity index (χ4v) is 10.1. The summed E-state index contributed by atoms with van der Waals surface area (Å²) in [5, 5.41) is 25.3. The molecule has 5 aliphatic rings. The van der Waals surface area contributed by atoms with E-state index in [4.69, 9.17) is 28.7 Å². The van der Waals surface area contributed by atoms with Crippen LogP contribution in [0.25, 0.3) is 0 Å². The molecule has 2 aromatic carbocycles. The van der Waals surface area contributed by atoms with E-state index in [1.165, 1.54) is 7.11 Å². The third-order valence-corrected chi connectivity index (χ3v) is 13.2. The zero-order valence-corrected chi connectivity index (χ0v) is 35.4. The smallest absolute Gasteiger partial charge is 0.459 e. The summed E-state index contributed by atoms with van der Waals surface area (Å²) in [6.45, 7) is 11.0. The molecule has 2 bridgehead atoms. The Labute approximate surface area is 340 Å². The van der Waals surface area contributed by atoms with Crippen molar-refractivity contribution in [3.05, 3.63) is 82.9 Å². The molecule has 3 fully saturated rings. The Morgan fingerprint density at radius 1 is 1.00 bits per heavy atom. The first kappa shape index (κ1) is 39.1. The molecule has 2 aromatic rings. The number of ether oxygens (including phenoxy) is 5. The molecule has 0 spiro atoms. The first-order valence-electron chi connectivity index (χ1n) is 17.7. The molecule has 2 saturated carbocycles. The first-order valence-corrected chi connectivity index (χ1v) is 17.7. The number of hydrogen-bond acceptors (Lipinski definition) is 11. The average Bonchev–Trinajstić information content (AvgIpc) is 3.57. The number of methoxy groups -OCH3 is 1. The summed E-state index contributed by atoms with van der Waals surface area (Å²) in [5.41, 5.74) is -3.04. The van der Waals surface area contributed by atoms with Gasteiger partial charge in [-0.25, -0.2) is 14.6 Å². The van der Waals surface area contributed by atoms with Crippen molar-refractivity contribution in [3.8, 4) is 0 Å². The van der Waals surface area contributed by atoms with Gasteiger partial charge in [0.25, 0.3) is 0 Å². The van der Waals surface area contributed by atoms with Crippen LogP contribution < -0.4 is 0 Å². The van der Waals surface area contributed by atoms with Gasteiger partial charge in [0.05, 0.1) is 19.3 Å². The summed E-state index contributed by atoms with van der Waals surface area (Å²) in [7, 11) is 1.22. The van der Waals surface area contributed by atoms with Gasteiger partial charge >= 0.3 is 12.1 Å². The summed E-state index contributed by atoms with van der Waals surface area (Å²) >= 11 is 0. The Bertz CT molecular complexity index is 1800. The van der Waals surface area contributed by atoms with E-state index in [-0.39, 0.29) is 63.0 Å². The molecular formula is C40H47AcNO10. The summed E-state index contributed by atoms with van der Waals surface area (Å²) < 4.78 is 29.4. The van der Waals surface area contributed by atoms with Gasteiger partial charge in [0.1, 0.15) is 24.4 Å². The molecule has 11 unspecified atom stereocenters. The number of rotatable bonds is 5. The monoisotopic (exact) mass is 928 g/mol. The SMILES string of the molecule is COC(=O)OC12COC1CC(C)C1(C)C(=O)C(O)C3=C(C)C(OC(=O)C4OC(c5ccccc5)=NC4c4ccccc4)CC(O)(C(C)C21)C3(C)C.[Ac]. The largest absolute Gasteiger partial charge is 0.508 e. The van der Waals surface area contributed by atoms with Crippen molar-refractivity contribution in [1.82, 2.24) is 0 Å². The van der Waals surface area contributed by atoms with Crippen LogP contribution in [-0.2, 0) is 33.3 Å². The van der Waals surface area contributed by atoms with E-state index in [1.54, 1.807) is 27.7 Å². The number of fused-ring (bicyclic) bond motifs is 5. The number of benzene rings is 2. The Balaban J connectivity index is 0.00000464. The van der Waals surface area contributed by atoms with Gasteiger partial charge in [0.15, 0.2) is 11.4 Å².